The van der Waals surface area contributed by atoms with Crippen LogP contribution in [0.4, 0.5) is 0 Å². The molecule has 148 valence electrons. The molecule has 0 aromatic rings. The lowest BCUT2D eigenvalue weighted by molar-refractivity contribution is 1.42. The summed E-state index contributed by atoms with van der Waals surface area (Å²) >= 11 is 5.55. The highest BCUT2D eigenvalue weighted by atomic mass is 35.6. The van der Waals surface area contributed by atoms with Crippen LogP contribution >= 0.6 is 23.5 Å². The molecule has 4 nitrogen and oxygen atoms in total. The highest BCUT2D eigenvalue weighted by Gasteiger charge is 2.09. The van der Waals surface area contributed by atoms with E-state index in [-0.39, 0.29) is 12.4 Å². The number of nitrogens with one attached hydrogen (secondary N) is 1. The third kappa shape index (κ3) is 359. The van der Waals surface area contributed by atoms with Gasteiger partial charge in [-0.05, 0) is 0 Å². The first-order valence-corrected chi connectivity index (χ1v) is 24.8. The van der Waals surface area contributed by atoms with E-state index in [0.717, 1.165) is 0 Å². The molecular weight excluding hydrogens is 411 g/mol. The molecule has 0 radical (unpaired) electrons. The average Bonchev–Trinajstić information content (AvgIpc) is 1.88. The Hall–Kier alpha value is 1.50. The fraction of sp³-hybridized carbons (Fsp3) is 1.00. The Bertz CT molecular complexity index is 199. The number of rotatable bonds is 2. The van der Waals surface area contributed by atoms with Crippen LogP contribution in [0.1, 0.15) is 0 Å². The van der Waals surface area contributed by atoms with E-state index in [9.17, 15) is 0 Å². The number of hydrogen-bond acceptors (Lipinski definition) is 4. The van der Waals surface area contributed by atoms with Crippen molar-refractivity contribution in [2.24, 2.45) is 16.2 Å². The number of halogens is 2. The van der Waals surface area contributed by atoms with Gasteiger partial charge in [-0.15, -0.1) is 12.4 Å². The quantitative estimate of drug-likeness (QED) is 0.378. The van der Waals surface area contributed by atoms with E-state index in [2.05, 4.69) is 83.2 Å². The zero-order valence-electron chi connectivity index (χ0n) is 17.7. The zero-order valence-corrected chi connectivity index (χ0v) is 24.7. The van der Waals surface area contributed by atoms with Crippen LogP contribution in [-0.4, -0.2) is 41.9 Å². The number of hydrogen-bond donors (Lipinski definition) is 4. The molecule has 0 spiro atoms. The van der Waals surface area contributed by atoms with Crippen molar-refractivity contribution in [1.82, 2.24) is 4.65 Å². The highest BCUT2D eigenvalue weighted by molar-refractivity contribution is 6.98. The molecule has 0 aromatic heterocycles. The van der Waals surface area contributed by atoms with Crippen molar-refractivity contribution >= 4 is 65.4 Å². The summed E-state index contributed by atoms with van der Waals surface area (Å²) in [4.78, 5) is 0. The maximum Gasteiger partial charge on any atom is 0.188 e. The van der Waals surface area contributed by atoms with Gasteiger partial charge in [0.25, 0.3) is 0 Å². The highest BCUT2D eigenvalue weighted by Crippen LogP contribution is 1.91. The molecule has 0 saturated heterocycles. The van der Waals surface area contributed by atoms with Crippen molar-refractivity contribution in [2.45, 2.75) is 78.6 Å². The van der Waals surface area contributed by atoms with Crippen LogP contribution < -0.4 is 20.8 Å². The van der Waals surface area contributed by atoms with Gasteiger partial charge in [0.2, 0.25) is 0 Å². The molecule has 11 heteroatoms. The van der Waals surface area contributed by atoms with Crippen LogP contribution in [0.3, 0.4) is 0 Å². The molecule has 0 atom stereocenters. The van der Waals surface area contributed by atoms with Gasteiger partial charge in [0.05, 0.1) is 0 Å². The molecule has 0 aliphatic carbocycles. The molecular formula is C12H46Cl2N4Si5. The van der Waals surface area contributed by atoms with Crippen LogP contribution in [0.15, 0.2) is 0 Å². The summed E-state index contributed by atoms with van der Waals surface area (Å²) in [6, 6.07) is 0. The lowest BCUT2D eigenvalue weighted by Gasteiger charge is -2.14. The van der Waals surface area contributed by atoms with Gasteiger partial charge in [-0.25, -0.2) is 0 Å². The maximum absolute atomic E-state index is 5.55. The average molecular weight is 458 g/mol. The Kier molecular flexibility index (Phi) is 24.3. The van der Waals surface area contributed by atoms with Crippen molar-refractivity contribution in [3.63, 3.8) is 0 Å². The van der Waals surface area contributed by atoms with Gasteiger partial charge in [-0.3, -0.25) is 0 Å². The summed E-state index contributed by atoms with van der Waals surface area (Å²) in [7, 11) is -4.72. The lowest BCUT2D eigenvalue weighted by atomic mass is 11.8. The van der Waals surface area contributed by atoms with Crippen LogP contribution in [0.25, 0.3) is 0 Å². The van der Waals surface area contributed by atoms with Crippen molar-refractivity contribution in [2.75, 3.05) is 0 Å². The summed E-state index contributed by atoms with van der Waals surface area (Å²) in [5, 5.41) is 16.5. The monoisotopic (exact) mass is 456 g/mol. The fourth-order valence-corrected chi connectivity index (χ4v) is 5.41. The minimum atomic E-state index is -1.11. The van der Waals surface area contributed by atoms with Gasteiger partial charge in [-0.2, -0.15) is 11.1 Å². The van der Waals surface area contributed by atoms with E-state index in [1.165, 1.54) is 0 Å². The lowest BCUT2D eigenvalue weighted by Crippen LogP contribution is -2.41. The van der Waals surface area contributed by atoms with Crippen molar-refractivity contribution in [3.8, 4) is 0 Å². The smallest absolute Gasteiger partial charge is 0.188 e. The Labute approximate surface area is 164 Å². The second-order valence-electron chi connectivity index (χ2n) is 9.66. The molecule has 0 fully saturated rings. The maximum atomic E-state index is 5.55. The second kappa shape index (κ2) is 15.7. The molecule has 23 heavy (non-hydrogen) atoms. The molecule has 0 rings (SSSR count). The molecule has 0 heterocycles. The molecule has 0 saturated carbocycles. The van der Waals surface area contributed by atoms with Gasteiger partial charge in [0.15, 0.2) is 8.99 Å². The Balaban J connectivity index is -0.0000000625. The van der Waals surface area contributed by atoms with Crippen LogP contribution in [0, 0.1) is 0 Å². The Morgan fingerprint density at radius 1 is 0.609 bits per heavy atom. The van der Waals surface area contributed by atoms with Gasteiger partial charge >= 0.3 is 0 Å². The molecule has 0 aliphatic heterocycles. The first-order chi connectivity index (χ1) is 9.06. The first kappa shape index (κ1) is 35.6. The molecule has 7 N–H and O–H groups in total. The topological polar surface area (TPSA) is 90.1 Å². The van der Waals surface area contributed by atoms with Gasteiger partial charge in [0.1, 0.15) is 32.9 Å². The van der Waals surface area contributed by atoms with E-state index in [1.54, 1.807) is 0 Å². The van der Waals surface area contributed by atoms with E-state index < -0.39 is 41.9 Å². The first-order valence-electron chi connectivity index (χ1n) is 7.74. The predicted octanol–water partition coefficient (Wildman–Crippen LogP) is 3.41. The fourth-order valence-electron chi connectivity index (χ4n) is 0.200. The van der Waals surface area contributed by atoms with E-state index in [1.807, 2.05) is 0 Å². The van der Waals surface area contributed by atoms with Crippen LogP contribution in [0.2, 0.25) is 78.6 Å². The van der Waals surface area contributed by atoms with Gasteiger partial charge in [-0.1, -0.05) is 78.6 Å². The van der Waals surface area contributed by atoms with E-state index in [4.69, 9.17) is 27.3 Å². The predicted molar refractivity (Wildman–Crippen MR) is 131 cm³/mol. The van der Waals surface area contributed by atoms with Crippen molar-refractivity contribution < 1.29 is 0 Å². The molecule has 0 aromatic carbocycles. The molecule has 0 bridgehead atoms. The summed E-state index contributed by atoms with van der Waals surface area (Å²) in [6.45, 7) is 25.7. The second-order valence-corrected chi connectivity index (χ2v) is 30.8. The Morgan fingerprint density at radius 3 is 0.739 bits per heavy atom. The minimum Gasteiger partial charge on any atom is -0.352 e. The summed E-state index contributed by atoms with van der Waals surface area (Å²) in [5.41, 5.74) is 0. The standard InChI is InChI=1S/C3H12ClNSi2.3C3H11NSi.ClH/c1-7(2,3)5-6-4;3*1-5(2,3)4;/h5H,6H2,1-3H3;3*4H2,1-3H3;1H. The molecule has 0 amide bonds. The van der Waals surface area contributed by atoms with E-state index >= 15 is 0 Å². The van der Waals surface area contributed by atoms with Crippen molar-refractivity contribution in [3.05, 3.63) is 0 Å². The summed E-state index contributed by atoms with van der Waals surface area (Å²) in [5.74, 6) is 0. The van der Waals surface area contributed by atoms with E-state index in [0.29, 0.717) is 0 Å². The van der Waals surface area contributed by atoms with Gasteiger partial charge in [0, 0.05) is 0 Å². The van der Waals surface area contributed by atoms with Crippen molar-refractivity contribution in [1.29, 1.82) is 0 Å². The van der Waals surface area contributed by atoms with Gasteiger partial charge < -0.3 is 20.8 Å². The zero-order chi connectivity index (χ0) is 19.4. The van der Waals surface area contributed by atoms with Crippen LogP contribution in [0.5, 0.6) is 0 Å². The summed E-state index contributed by atoms with van der Waals surface area (Å²) in [6.07, 6.45) is 0. The summed E-state index contributed by atoms with van der Waals surface area (Å²) < 4.78 is 3.33. The minimum absolute atomic E-state index is 0. The van der Waals surface area contributed by atoms with Crippen LogP contribution in [-0.2, 0) is 0 Å². The molecule has 0 unspecified atom stereocenters. The third-order valence-corrected chi connectivity index (χ3v) is 6.58. The SMILES string of the molecule is C[Si](C)(C)N.C[Si](C)(C)N.C[Si](C)(C)N.C[Si](C)(C)N[SiH2]Cl.Cl. The third-order valence-electron chi connectivity index (χ3n) is 0.597. The Morgan fingerprint density at radius 2 is 0.739 bits per heavy atom. The number of nitrogens with two attached hydrogens (primary N) is 3. The molecule has 0 aliphatic rings. The normalized spacial score (nSPS) is 12.0. The largest absolute Gasteiger partial charge is 0.352 e.